The maximum Gasteiger partial charge on any atom is 0.266 e. The standard InChI is InChI=1S/C20H29N5O/c1-20(2,3)17-8-9-18(26)25(23-17)13-16-5-4-10-24(16)12-15-11-21-22-19(15)14-6-7-14/h8-9,11,14,16H,4-7,10,12-13H2,1-3H3,(H,21,22). The largest absolute Gasteiger partial charge is 0.294 e. The Morgan fingerprint density at radius 1 is 1.23 bits per heavy atom. The average Bonchev–Trinajstić information content (AvgIpc) is 3.17. The van der Waals surface area contributed by atoms with Gasteiger partial charge in [-0.25, -0.2) is 4.68 Å². The molecule has 0 bridgehead atoms. The Bertz CT molecular complexity index is 827. The first kappa shape index (κ1) is 17.5. The number of hydrogen-bond acceptors (Lipinski definition) is 4. The second kappa shape index (κ2) is 6.65. The third-order valence-corrected chi connectivity index (χ3v) is 5.63. The molecule has 1 N–H and O–H groups in total. The lowest BCUT2D eigenvalue weighted by Gasteiger charge is -2.25. The number of aromatic amines is 1. The Kier molecular flexibility index (Phi) is 4.47. The highest BCUT2D eigenvalue weighted by Gasteiger charge is 2.31. The summed E-state index contributed by atoms with van der Waals surface area (Å²) in [6, 6.07) is 3.88. The van der Waals surface area contributed by atoms with Gasteiger partial charge in [0.1, 0.15) is 0 Å². The smallest absolute Gasteiger partial charge is 0.266 e. The number of H-pyrrole nitrogens is 1. The topological polar surface area (TPSA) is 66.8 Å². The zero-order valence-corrected chi connectivity index (χ0v) is 16.0. The van der Waals surface area contributed by atoms with Crippen LogP contribution in [0.1, 0.15) is 69.3 Å². The number of nitrogens with zero attached hydrogens (tertiary/aromatic N) is 4. The summed E-state index contributed by atoms with van der Waals surface area (Å²) in [6.45, 7) is 9.05. The zero-order chi connectivity index (χ0) is 18.3. The molecule has 2 aliphatic rings. The third kappa shape index (κ3) is 3.61. The SMILES string of the molecule is CC(C)(C)c1ccc(=O)n(CC2CCCN2Cc2cn[nH]c2C2CC2)n1. The molecule has 2 aromatic rings. The number of nitrogens with one attached hydrogen (secondary N) is 1. The van der Waals surface area contributed by atoms with Crippen LogP contribution >= 0.6 is 0 Å². The molecule has 0 aromatic carbocycles. The molecule has 0 spiro atoms. The van der Waals surface area contributed by atoms with Crippen molar-refractivity contribution in [2.45, 2.75) is 76.9 Å². The molecule has 4 rings (SSSR count). The normalized spacial score (nSPS) is 21.4. The number of aromatic nitrogens is 4. The van der Waals surface area contributed by atoms with E-state index in [9.17, 15) is 4.79 Å². The highest BCUT2D eigenvalue weighted by atomic mass is 16.1. The van der Waals surface area contributed by atoms with Crippen LogP contribution in [-0.2, 0) is 18.5 Å². The van der Waals surface area contributed by atoms with Gasteiger partial charge in [-0.05, 0) is 38.3 Å². The summed E-state index contributed by atoms with van der Waals surface area (Å²) in [4.78, 5) is 14.8. The van der Waals surface area contributed by atoms with E-state index < -0.39 is 0 Å². The molecule has 0 amide bonds. The number of rotatable bonds is 5. The van der Waals surface area contributed by atoms with Crippen molar-refractivity contribution in [2.75, 3.05) is 6.54 Å². The van der Waals surface area contributed by atoms with Gasteiger partial charge < -0.3 is 0 Å². The van der Waals surface area contributed by atoms with E-state index in [-0.39, 0.29) is 11.0 Å². The molecule has 0 radical (unpaired) electrons. The molecular weight excluding hydrogens is 326 g/mol. The summed E-state index contributed by atoms with van der Waals surface area (Å²) < 4.78 is 1.67. The van der Waals surface area contributed by atoms with Gasteiger partial charge in [0.15, 0.2) is 0 Å². The van der Waals surface area contributed by atoms with Crippen molar-refractivity contribution in [3.63, 3.8) is 0 Å². The minimum atomic E-state index is -0.0548. The molecule has 1 aliphatic carbocycles. The molecule has 1 saturated heterocycles. The molecule has 6 heteroatoms. The quantitative estimate of drug-likeness (QED) is 0.896. The summed E-state index contributed by atoms with van der Waals surface area (Å²) in [6.07, 6.45) is 6.82. The molecule has 1 saturated carbocycles. The monoisotopic (exact) mass is 355 g/mol. The van der Waals surface area contributed by atoms with Crippen molar-refractivity contribution in [1.82, 2.24) is 24.9 Å². The summed E-state index contributed by atoms with van der Waals surface area (Å²) in [7, 11) is 0. The maximum absolute atomic E-state index is 12.3. The van der Waals surface area contributed by atoms with Crippen LogP contribution in [0, 0.1) is 0 Å². The molecule has 140 valence electrons. The van der Waals surface area contributed by atoms with E-state index in [0.717, 1.165) is 25.2 Å². The van der Waals surface area contributed by atoms with Crippen molar-refractivity contribution < 1.29 is 0 Å². The first-order chi connectivity index (χ1) is 12.4. The van der Waals surface area contributed by atoms with Crippen LogP contribution in [0.15, 0.2) is 23.1 Å². The van der Waals surface area contributed by atoms with Crippen molar-refractivity contribution in [1.29, 1.82) is 0 Å². The van der Waals surface area contributed by atoms with Gasteiger partial charge in [0.05, 0.1) is 18.4 Å². The lowest BCUT2D eigenvalue weighted by molar-refractivity contribution is 0.215. The van der Waals surface area contributed by atoms with Crippen LogP contribution in [0.25, 0.3) is 0 Å². The number of likely N-dealkylation sites (tertiary alicyclic amines) is 1. The fraction of sp³-hybridized carbons (Fsp3) is 0.650. The van der Waals surface area contributed by atoms with Gasteiger partial charge in [-0.2, -0.15) is 10.2 Å². The molecule has 26 heavy (non-hydrogen) atoms. The van der Waals surface area contributed by atoms with Crippen LogP contribution in [-0.4, -0.2) is 37.5 Å². The Morgan fingerprint density at radius 2 is 2.04 bits per heavy atom. The van der Waals surface area contributed by atoms with Crippen LogP contribution in [0.5, 0.6) is 0 Å². The summed E-state index contributed by atoms with van der Waals surface area (Å²) >= 11 is 0. The Labute approximate surface area is 154 Å². The molecule has 2 fully saturated rings. The predicted molar refractivity (Wildman–Crippen MR) is 101 cm³/mol. The van der Waals surface area contributed by atoms with Gasteiger partial charge in [0, 0.05) is 41.2 Å². The molecular formula is C20H29N5O. The second-order valence-electron chi connectivity index (χ2n) is 8.84. The van der Waals surface area contributed by atoms with Crippen molar-refractivity contribution in [3.8, 4) is 0 Å². The van der Waals surface area contributed by atoms with Gasteiger partial charge >= 0.3 is 0 Å². The highest BCUT2D eigenvalue weighted by molar-refractivity contribution is 5.24. The summed E-state index contributed by atoms with van der Waals surface area (Å²) in [5.41, 5.74) is 3.55. The molecule has 2 aromatic heterocycles. The Morgan fingerprint density at radius 3 is 2.77 bits per heavy atom. The Hall–Kier alpha value is -1.95. The minimum Gasteiger partial charge on any atom is -0.294 e. The maximum atomic E-state index is 12.3. The van der Waals surface area contributed by atoms with E-state index >= 15 is 0 Å². The van der Waals surface area contributed by atoms with Crippen LogP contribution < -0.4 is 5.56 Å². The average molecular weight is 355 g/mol. The predicted octanol–water partition coefficient (Wildman–Crippen LogP) is 2.81. The first-order valence-electron chi connectivity index (χ1n) is 9.76. The van der Waals surface area contributed by atoms with Gasteiger partial charge in [-0.15, -0.1) is 0 Å². The van der Waals surface area contributed by atoms with E-state index in [1.54, 1.807) is 10.7 Å². The fourth-order valence-electron chi connectivity index (χ4n) is 3.88. The van der Waals surface area contributed by atoms with Gasteiger partial charge in [0.2, 0.25) is 0 Å². The lowest BCUT2D eigenvalue weighted by Crippen LogP contribution is -2.37. The fourth-order valence-corrected chi connectivity index (χ4v) is 3.88. The van der Waals surface area contributed by atoms with E-state index in [1.807, 2.05) is 12.3 Å². The molecule has 6 nitrogen and oxygen atoms in total. The van der Waals surface area contributed by atoms with E-state index in [2.05, 4.69) is 41.0 Å². The second-order valence-corrected chi connectivity index (χ2v) is 8.84. The highest BCUT2D eigenvalue weighted by Crippen LogP contribution is 2.41. The van der Waals surface area contributed by atoms with Crippen LogP contribution in [0.3, 0.4) is 0 Å². The minimum absolute atomic E-state index is 0.00756. The number of hydrogen-bond donors (Lipinski definition) is 1. The molecule has 1 aliphatic heterocycles. The summed E-state index contributed by atoms with van der Waals surface area (Å²) in [5, 5.41) is 12.1. The summed E-state index contributed by atoms with van der Waals surface area (Å²) in [5.74, 6) is 0.682. The van der Waals surface area contributed by atoms with E-state index in [4.69, 9.17) is 0 Å². The van der Waals surface area contributed by atoms with Crippen molar-refractivity contribution >= 4 is 0 Å². The van der Waals surface area contributed by atoms with Gasteiger partial charge in [-0.1, -0.05) is 20.8 Å². The first-order valence-corrected chi connectivity index (χ1v) is 9.76. The van der Waals surface area contributed by atoms with Crippen molar-refractivity contribution in [3.05, 3.63) is 45.6 Å². The van der Waals surface area contributed by atoms with Gasteiger partial charge in [-0.3, -0.25) is 14.8 Å². The lowest BCUT2D eigenvalue weighted by atomic mass is 9.92. The van der Waals surface area contributed by atoms with Crippen LogP contribution in [0.2, 0.25) is 0 Å². The third-order valence-electron chi connectivity index (χ3n) is 5.63. The zero-order valence-electron chi connectivity index (χ0n) is 16.0. The van der Waals surface area contributed by atoms with E-state index in [0.29, 0.717) is 18.5 Å². The molecule has 3 heterocycles. The Balaban J connectivity index is 1.50. The molecule has 1 atom stereocenters. The van der Waals surface area contributed by atoms with Gasteiger partial charge in [0.25, 0.3) is 5.56 Å². The van der Waals surface area contributed by atoms with E-state index in [1.165, 1.54) is 30.5 Å². The molecule has 1 unspecified atom stereocenters. The van der Waals surface area contributed by atoms with Crippen LogP contribution in [0.4, 0.5) is 0 Å². The van der Waals surface area contributed by atoms with Crippen molar-refractivity contribution in [2.24, 2.45) is 0 Å².